The number of fused-ring (bicyclic) bond motifs is 1. The number of hydrogen-bond donors (Lipinski definition) is 0. The minimum absolute atomic E-state index is 0. The van der Waals surface area contributed by atoms with E-state index in [4.69, 9.17) is 11.6 Å². The van der Waals surface area contributed by atoms with Gasteiger partial charge in [-0.1, -0.05) is 22.9 Å². The fourth-order valence-electron chi connectivity index (χ4n) is 2.83. The summed E-state index contributed by atoms with van der Waals surface area (Å²) in [5.41, 5.74) is 0.718. The van der Waals surface area contributed by atoms with Crippen molar-refractivity contribution in [3.8, 4) is 0 Å². The summed E-state index contributed by atoms with van der Waals surface area (Å²) in [5.74, 6) is -0.753. The molecule has 7 nitrogen and oxygen atoms in total. The molecule has 0 unspecified atom stereocenters. The van der Waals surface area contributed by atoms with Gasteiger partial charge in [-0.2, -0.15) is 4.57 Å². The number of rotatable bonds is 7. The van der Waals surface area contributed by atoms with Crippen LogP contribution in [0.1, 0.15) is 11.4 Å². The van der Waals surface area contributed by atoms with Crippen molar-refractivity contribution in [2.45, 2.75) is 13.0 Å². The van der Waals surface area contributed by atoms with E-state index in [2.05, 4.69) is 0 Å². The maximum absolute atomic E-state index is 11.2. The first-order chi connectivity index (χ1) is 12.7. The standard InChI is InChI=1S/C16H17ClN2O5S3.Na/c17-11-2-3-13-12(8-11)19(10-16(20)21)15(26-13)9-14-18(5-6-25-14)4-1-7-27(22,23)24;/h2-3,8-9H,1,4-7,10H2,(H-,20,21,22,23,24);/q;+1/p-1. The van der Waals surface area contributed by atoms with Crippen LogP contribution in [-0.2, 0) is 21.5 Å². The van der Waals surface area contributed by atoms with Crippen molar-refractivity contribution < 1.29 is 57.0 Å². The van der Waals surface area contributed by atoms with E-state index in [9.17, 15) is 22.9 Å². The summed E-state index contributed by atoms with van der Waals surface area (Å²) < 4.78 is 34.9. The third kappa shape index (κ3) is 6.33. The molecular formula is C16H16ClN2NaO5S3. The smallest absolute Gasteiger partial charge is 0.748 e. The Kier molecular flexibility index (Phi) is 8.66. The Bertz CT molecular complexity index is 1010. The predicted octanol–water partition coefficient (Wildman–Crippen LogP) is -2.12. The van der Waals surface area contributed by atoms with Crippen molar-refractivity contribution in [1.82, 2.24) is 4.90 Å². The van der Waals surface area contributed by atoms with Crippen LogP contribution in [0.15, 0.2) is 23.2 Å². The minimum Gasteiger partial charge on any atom is -0.748 e. The molecule has 0 atom stereocenters. The van der Waals surface area contributed by atoms with E-state index in [0.29, 0.717) is 11.6 Å². The summed E-state index contributed by atoms with van der Waals surface area (Å²) in [5, 5.41) is 13.4. The molecule has 1 fully saturated rings. The number of nitrogens with zero attached hydrogens (tertiary/aromatic N) is 2. The number of carboxylic acid groups (broad SMARTS) is 1. The summed E-state index contributed by atoms with van der Waals surface area (Å²) in [7, 11) is -4.22. The molecule has 0 bridgehead atoms. The van der Waals surface area contributed by atoms with Gasteiger partial charge in [-0.25, -0.2) is 8.42 Å². The summed E-state index contributed by atoms with van der Waals surface area (Å²) in [6.07, 6.45) is 2.15. The van der Waals surface area contributed by atoms with Crippen molar-refractivity contribution in [1.29, 1.82) is 0 Å². The molecule has 1 aromatic carbocycles. The second kappa shape index (κ2) is 10.1. The first-order valence-corrected chi connectivity index (χ1v) is 11.8. The fraction of sp³-hybridized carbons (Fsp3) is 0.375. The number of carboxylic acids is 1. The third-order valence-corrected chi connectivity index (χ3v) is 7.17. The zero-order chi connectivity index (χ0) is 19.6. The molecule has 12 heteroatoms. The molecule has 3 rings (SSSR count). The first kappa shape index (κ1) is 23.9. The van der Waals surface area contributed by atoms with Crippen LogP contribution in [0.3, 0.4) is 0 Å². The molecule has 2 aromatic rings. The van der Waals surface area contributed by atoms with Gasteiger partial charge in [0.25, 0.3) is 5.01 Å². The molecule has 0 aliphatic carbocycles. The molecule has 0 amide bonds. The quantitative estimate of drug-likeness (QED) is 0.259. The Morgan fingerprint density at radius 3 is 2.82 bits per heavy atom. The van der Waals surface area contributed by atoms with Crippen molar-refractivity contribution >= 4 is 67.1 Å². The second-order valence-electron chi connectivity index (χ2n) is 5.94. The molecule has 1 saturated heterocycles. The third-order valence-electron chi connectivity index (χ3n) is 3.97. The molecule has 0 saturated carbocycles. The van der Waals surface area contributed by atoms with Crippen LogP contribution in [-0.4, -0.2) is 48.4 Å². The van der Waals surface area contributed by atoms with E-state index in [1.807, 2.05) is 17.0 Å². The van der Waals surface area contributed by atoms with Gasteiger partial charge in [-0.3, -0.25) is 0 Å². The molecular weight excluding hydrogens is 455 g/mol. The molecule has 146 valence electrons. The Labute approximate surface area is 198 Å². The molecule has 1 aromatic heterocycles. The Morgan fingerprint density at radius 2 is 2.14 bits per heavy atom. The molecule has 1 aliphatic rings. The molecule has 2 heterocycles. The Morgan fingerprint density at radius 1 is 1.39 bits per heavy atom. The topological polar surface area (TPSA) is 104 Å². The van der Waals surface area contributed by atoms with Gasteiger partial charge in [-0.15, -0.1) is 11.8 Å². The van der Waals surface area contributed by atoms with Crippen LogP contribution in [0, 0.1) is 0 Å². The number of thioether (sulfide) groups is 1. The van der Waals surface area contributed by atoms with E-state index in [-0.39, 0.29) is 42.5 Å². The predicted molar refractivity (Wildman–Crippen MR) is 103 cm³/mol. The van der Waals surface area contributed by atoms with Crippen molar-refractivity contribution in [2.24, 2.45) is 0 Å². The molecule has 0 radical (unpaired) electrons. The molecule has 1 aliphatic heterocycles. The number of aromatic nitrogens is 1. The van der Waals surface area contributed by atoms with Crippen LogP contribution in [0.2, 0.25) is 5.02 Å². The Hall–Kier alpha value is -0.330. The summed E-state index contributed by atoms with van der Waals surface area (Å²) >= 11 is 9.10. The van der Waals surface area contributed by atoms with Crippen molar-refractivity contribution in [3.63, 3.8) is 0 Å². The molecule has 0 spiro atoms. The van der Waals surface area contributed by atoms with E-state index < -0.39 is 21.8 Å². The van der Waals surface area contributed by atoms with Crippen LogP contribution < -0.4 is 39.2 Å². The first-order valence-electron chi connectivity index (χ1n) is 8.08. The van der Waals surface area contributed by atoms with Gasteiger partial charge in [-0.05, 0) is 18.6 Å². The van der Waals surface area contributed by atoms with Gasteiger partial charge in [0.2, 0.25) is 5.52 Å². The molecule has 28 heavy (non-hydrogen) atoms. The van der Waals surface area contributed by atoms with Crippen molar-refractivity contribution in [3.05, 3.63) is 33.3 Å². The van der Waals surface area contributed by atoms with Gasteiger partial charge in [0.05, 0.1) is 21.2 Å². The fourth-order valence-corrected chi connectivity index (χ4v) is 5.71. The summed E-state index contributed by atoms with van der Waals surface area (Å²) in [4.78, 5) is 13.2. The maximum atomic E-state index is 11.2. The number of aliphatic carboxylic acids is 1. The minimum atomic E-state index is -4.22. The van der Waals surface area contributed by atoms with Gasteiger partial charge in [0.15, 0.2) is 6.54 Å². The van der Waals surface area contributed by atoms with Crippen LogP contribution in [0.4, 0.5) is 0 Å². The number of hydrogen-bond acceptors (Lipinski definition) is 8. The zero-order valence-electron chi connectivity index (χ0n) is 15.1. The van der Waals surface area contributed by atoms with Gasteiger partial charge >= 0.3 is 29.6 Å². The molecule has 0 N–H and O–H groups in total. The number of halogens is 1. The van der Waals surface area contributed by atoms with Gasteiger partial charge in [0, 0.05) is 35.7 Å². The van der Waals surface area contributed by atoms with Gasteiger partial charge in [0.1, 0.15) is 10.7 Å². The summed E-state index contributed by atoms with van der Waals surface area (Å²) in [6.45, 7) is 0.905. The average molecular weight is 471 g/mol. The van der Waals surface area contributed by atoms with E-state index in [1.165, 1.54) is 11.3 Å². The van der Waals surface area contributed by atoms with E-state index in [0.717, 1.165) is 32.6 Å². The largest absolute Gasteiger partial charge is 1.00 e. The van der Waals surface area contributed by atoms with E-state index in [1.54, 1.807) is 28.5 Å². The number of carbonyl (C=O) groups excluding carboxylic acids is 1. The average Bonchev–Trinajstić information content (AvgIpc) is 3.12. The van der Waals surface area contributed by atoms with Crippen LogP contribution in [0.5, 0.6) is 0 Å². The van der Waals surface area contributed by atoms with Crippen LogP contribution in [0.25, 0.3) is 16.3 Å². The number of thiazole rings is 1. The monoisotopic (exact) mass is 470 g/mol. The van der Waals surface area contributed by atoms with Crippen LogP contribution >= 0.6 is 34.7 Å². The van der Waals surface area contributed by atoms with Gasteiger partial charge < -0.3 is 19.4 Å². The summed E-state index contributed by atoms with van der Waals surface area (Å²) in [6, 6.07) is 5.31. The SMILES string of the molecule is O=C([O-])C[n+]1c(C=C2SCCN2CCCS(=O)(=O)[O-])sc2ccc(Cl)cc21.[Na+]. The maximum Gasteiger partial charge on any atom is 1.00 e. The zero-order valence-corrected chi connectivity index (χ0v) is 20.3. The number of benzene rings is 1. The number of carbonyl (C=O) groups is 1. The van der Waals surface area contributed by atoms with E-state index >= 15 is 0 Å². The van der Waals surface area contributed by atoms with Crippen molar-refractivity contribution in [2.75, 3.05) is 24.6 Å². The normalized spacial score (nSPS) is 15.9. The second-order valence-corrected chi connectivity index (χ2v) is 10.1. The Balaban J connectivity index is 0.00000280.